The molecule has 1 rings (SSSR count). The molecule has 3 nitrogen and oxygen atoms in total. The van der Waals surface area contributed by atoms with Crippen LogP contribution in [0.5, 0.6) is 0 Å². The van der Waals surface area contributed by atoms with E-state index in [0.29, 0.717) is 0 Å². The van der Waals surface area contributed by atoms with Crippen LogP contribution in [0.2, 0.25) is 0 Å². The van der Waals surface area contributed by atoms with E-state index in [4.69, 9.17) is 5.73 Å². The zero-order valence-electron chi connectivity index (χ0n) is 7.27. The number of carbonyl (C=O) groups is 1. The molecule has 69 valence electrons. The fraction of sp³-hybridized carbons (Fsp3) is 0.200. The second kappa shape index (κ2) is 5.19. The van der Waals surface area contributed by atoms with Gasteiger partial charge in [-0.1, -0.05) is 30.3 Å². The van der Waals surface area contributed by atoms with Crippen molar-refractivity contribution in [2.24, 2.45) is 5.73 Å². The Kier molecular flexibility index (Phi) is 3.82. The number of rotatable bonds is 4. The van der Waals surface area contributed by atoms with Crippen LogP contribution in [0.25, 0.3) is 0 Å². The quantitative estimate of drug-likeness (QED) is 0.711. The van der Waals surface area contributed by atoms with Gasteiger partial charge < -0.3 is 10.5 Å². The minimum atomic E-state index is -0.732. The summed E-state index contributed by atoms with van der Waals surface area (Å²) >= 11 is 0. The van der Waals surface area contributed by atoms with Gasteiger partial charge in [0.05, 0.1) is 6.61 Å². The van der Waals surface area contributed by atoms with Crippen molar-refractivity contribution in [1.82, 2.24) is 0 Å². The van der Waals surface area contributed by atoms with Crippen LogP contribution < -0.4 is 5.73 Å². The Morgan fingerprint density at radius 3 is 2.69 bits per heavy atom. The fourth-order valence-electron chi connectivity index (χ4n) is 0.981. The number of carbonyl (C=O) groups excluding carboxylic acids is 1. The van der Waals surface area contributed by atoms with E-state index in [0.717, 1.165) is 6.42 Å². The predicted octanol–water partition coefficient (Wildman–Crippen LogP) is 1.53. The zero-order valence-corrected chi connectivity index (χ0v) is 7.27. The van der Waals surface area contributed by atoms with Crippen molar-refractivity contribution < 1.29 is 9.53 Å². The highest BCUT2D eigenvalue weighted by atomic mass is 16.5. The van der Waals surface area contributed by atoms with E-state index in [-0.39, 0.29) is 6.61 Å². The van der Waals surface area contributed by atoms with Crippen LogP contribution in [0, 0.1) is 6.42 Å². The average Bonchev–Trinajstić information content (AvgIpc) is 2.14. The van der Waals surface area contributed by atoms with E-state index in [9.17, 15) is 4.79 Å². The van der Waals surface area contributed by atoms with E-state index >= 15 is 0 Å². The molecule has 0 unspecified atom stereocenters. The normalized spacial score (nSPS) is 9.54. The number of nitrogens with two attached hydrogens (primary N) is 1. The Hall–Kier alpha value is -1.51. The smallest absolute Gasteiger partial charge is 0.404 e. The third kappa shape index (κ3) is 4.15. The van der Waals surface area contributed by atoms with Gasteiger partial charge in [0.2, 0.25) is 0 Å². The lowest BCUT2D eigenvalue weighted by atomic mass is 10.1. The fourth-order valence-corrected chi connectivity index (χ4v) is 0.981. The van der Waals surface area contributed by atoms with Gasteiger partial charge in [-0.25, -0.2) is 4.79 Å². The molecular formula is C10H12NO2. The molecule has 0 spiro atoms. The number of hydrogen-bond donors (Lipinski definition) is 1. The molecule has 13 heavy (non-hydrogen) atoms. The van der Waals surface area contributed by atoms with Crippen molar-refractivity contribution in [2.45, 2.75) is 6.42 Å². The highest BCUT2D eigenvalue weighted by Crippen LogP contribution is 2.01. The first-order chi connectivity index (χ1) is 6.29. The van der Waals surface area contributed by atoms with Crippen molar-refractivity contribution in [3.05, 3.63) is 42.3 Å². The molecule has 0 aliphatic heterocycles. The third-order valence-corrected chi connectivity index (χ3v) is 1.57. The highest BCUT2D eigenvalue weighted by molar-refractivity contribution is 5.64. The Balaban J connectivity index is 2.17. The maximum atomic E-state index is 10.2. The number of hydrogen-bond acceptors (Lipinski definition) is 2. The summed E-state index contributed by atoms with van der Waals surface area (Å²) in [5, 5.41) is 0. The molecule has 3 heteroatoms. The molecule has 0 atom stereocenters. The summed E-state index contributed by atoms with van der Waals surface area (Å²) in [5.41, 5.74) is 5.98. The lowest BCUT2D eigenvalue weighted by Gasteiger charge is -2.00. The second-order valence-corrected chi connectivity index (χ2v) is 2.61. The first-order valence-corrected chi connectivity index (χ1v) is 4.07. The number of amides is 1. The Morgan fingerprint density at radius 2 is 2.08 bits per heavy atom. The molecule has 0 saturated carbocycles. The van der Waals surface area contributed by atoms with Gasteiger partial charge in [0.1, 0.15) is 0 Å². The van der Waals surface area contributed by atoms with Gasteiger partial charge in [-0.05, 0) is 12.0 Å². The molecular weight excluding hydrogens is 166 g/mol. The Bertz CT molecular complexity index is 259. The number of primary amides is 1. The average molecular weight is 178 g/mol. The SMILES string of the molecule is NC(=O)OC[CH]Cc1ccccc1. The summed E-state index contributed by atoms with van der Waals surface area (Å²) < 4.78 is 4.55. The van der Waals surface area contributed by atoms with E-state index in [2.05, 4.69) is 4.74 Å². The predicted molar refractivity (Wildman–Crippen MR) is 50.0 cm³/mol. The largest absolute Gasteiger partial charge is 0.449 e. The molecule has 1 aromatic carbocycles. The van der Waals surface area contributed by atoms with Crippen LogP contribution in [0.1, 0.15) is 5.56 Å². The van der Waals surface area contributed by atoms with Crippen LogP contribution in [0.4, 0.5) is 4.79 Å². The molecule has 0 fully saturated rings. The molecule has 0 aliphatic carbocycles. The molecule has 1 amide bonds. The Morgan fingerprint density at radius 1 is 1.38 bits per heavy atom. The summed E-state index contributed by atoms with van der Waals surface area (Å²) in [6, 6.07) is 9.93. The van der Waals surface area contributed by atoms with Crippen LogP contribution in [-0.2, 0) is 11.2 Å². The van der Waals surface area contributed by atoms with Gasteiger partial charge in [0.25, 0.3) is 0 Å². The van der Waals surface area contributed by atoms with E-state index in [1.54, 1.807) is 0 Å². The maximum absolute atomic E-state index is 10.2. The summed E-state index contributed by atoms with van der Waals surface area (Å²) in [5.74, 6) is 0. The number of benzene rings is 1. The molecule has 2 N–H and O–H groups in total. The zero-order chi connectivity index (χ0) is 9.52. The van der Waals surface area contributed by atoms with Crippen molar-refractivity contribution in [3.8, 4) is 0 Å². The van der Waals surface area contributed by atoms with Gasteiger partial charge >= 0.3 is 6.09 Å². The van der Waals surface area contributed by atoms with Gasteiger partial charge in [0, 0.05) is 6.42 Å². The third-order valence-electron chi connectivity index (χ3n) is 1.57. The van der Waals surface area contributed by atoms with E-state index in [1.165, 1.54) is 5.56 Å². The molecule has 0 bridgehead atoms. The van der Waals surface area contributed by atoms with Gasteiger partial charge in [-0.15, -0.1) is 0 Å². The first kappa shape index (κ1) is 9.58. The topological polar surface area (TPSA) is 52.3 Å². The lowest BCUT2D eigenvalue weighted by molar-refractivity contribution is 0.165. The van der Waals surface area contributed by atoms with Gasteiger partial charge in [-0.3, -0.25) is 0 Å². The van der Waals surface area contributed by atoms with E-state index in [1.807, 2.05) is 36.8 Å². The number of ether oxygens (including phenoxy) is 1. The van der Waals surface area contributed by atoms with Crippen LogP contribution in [0.3, 0.4) is 0 Å². The summed E-state index contributed by atoms with van der Waals surface area (Å²) in [4.78, 5) is 10.2. The van der Waals surface area contributed by atoms with Crippen molar-refractivity contribution >= 4 is 6.09 Å². The molecule has 0 heterocycles. The van der Waals surface area contributed by atoms with Crippen LogP contribution in [-0.4, -0.2) is 12.7 Å². The monoisotopic (exact) mass is 178 g/mol. The second-order valence-electron chi connectivity index (χ2n) is 2.61. The first-order valence-electron chi connectivity index (χ1n) is 4.07. The highest BCUT2D eigenvalue weighted by Gasteiger charge is 1.94. The summed E-state index contributed by atoms with van der Waals surface area (Å²) in [6.07, 6.45) is 1.91. The van der Waals surface area contributed by atoms with Crippen molar-refractivity contribution in [3.63, 3.8) is 0 Å². The van der Waals surface area contributed by atoms with Gasteiger partial charge in [0.15, 0.2) is 0 Å². The minimum Gasteiger partial charge on any atom is -0.449 e. The molecule has 1 aromatic rings. The summed E-state index contributed by atoms with van der Waals surface area (Å²) in [6.45, 7) is 0.268. The van der Waals surface area contributed by atoms with Crippen LogP contribution >= 0.6 is 0 Å². The standard InChI is InChI=1S/C10H12NO2/c11-10(12)13-8-4-7-9-5-2-1-3-6-9/h1-6H,7-8H2,(H2,11,12). The molecule has 0 aromatic heterocycles. The minimum absolute atomic E-state index is 0.268. The summed E-state index contributed by atoms with van der Waals surface area (Å²) in [7, 11) is 0. The van der Waals surface area contributed by atoms with E-state index < -0.39 is 6.09 Å². The molecule has 0 saturated heterocycles. The lowest BCUT2D eigenvalue weighted by Crippen LogP contribution is -2.14. The van der Waals surface area contributed by atoms with Crippen molar-refractivity contribution in [2.75, 3.05) is 6.61 Å². The van der Waals surface area contributed by atoms with Crippen molar-refractivity contribution in [1.29, 1.82) is 0 Å². The molecule has 1 radical (unpaired) electrons. The molecule has 0 aliphatic rings. The maximum Gasteiger partial charge on any atom is 0.404 e. The Labute approximate surface area is 77.5 Å². The van der Waals surface area contributed by atoms with Gasteiger partial charge in [-0.2, -0.15) is 0 Å². The van der Waals surface area contributed by atoms with Crippen LogP contribution in [0.15, 0.2) is 30.3 Å².